The number of amides is 1. The highest BCUT2D eigenvalue weighted by molar-refractivity contribution is 5.95. The number of nitrogens with one attached hydrogen (secondary N) is 1. The number of aryl methyl sites for hydroxylation is 1. The van der Waals surface area contributed by atoms with Gasteiger partial charge >= 0.3 is 0 Å². The predicted octanol–water partition coefficient (Wildman–Crippen LogP) is 2.03. The van der Waals surface area contributed by atoms with Crippen LogP contribution in [0.3, 0.4) is 0 Å². The van der Waals surface area contributed by atoms with Crippen LogP contribution in [-0.4, -0.2) is 46.6 Å². The molecule has 0 radical (unpaired) electrons. The van der Waals surface area contributed by atoms with Crippen molar-refractivity contribution < 1.29 is 9.53 Å². The maximum Gasteiger partial charge on any atom is 0.254 e. The summed E-state index contributed by atoms with van der Waals surface area (Å²) in [7, 11) is 1.95. The molecule has 1 aliphatic heterocycles. The van der Waals surface area contributed by atoms with Crippen LogP contribution >= 0.6 is 12.4 Å². The van der Waals surface area contributed by atoms with Crippen LogP contribution in [-0.2, 0) is 7.05 Å². The van der Waals surface area contributed by atoms with E-state index in [-0.39, 0.29) is 24.4 Å². The molecule has 1 aliphatic rings. The summed E-state index contributed by atoms with van der Waals surface area (Å²) in [6.45, 7) is 4.68. The van der Waals surface area contributed by atoms with E-state index in [1.807, 2.05) is 53.9 Å². The van der Waals surface area contributed by atoms with E-state index >= 15 is 0 Å². The zero-order valence-corrected chi connectivity index (χ0v) is 14.8. The topological polar surface area (TPSA) is 59.4 Å². The molecule has 1 unspecified atom stereocenters. The average Bonchev–Trinajstić information content (AvgIpc) is 3.01. The highest BCUT2D eigenvalue weighted by Gasteiger charge is 2.31. The lowest BCUT2D eigenvalue weighted by atomic mass is 10.1. The van der Waals surface area contributed by atoms with Gasteiger partial charge in [0.1, 0.15) is 17.6 Å². The molecule has 0 aliphatic carbocycles. The van der Waals surface area contributed by atoms with E-state index in [2.05, 4.69) is 10.3 Å². The van der Waals surface area contributed by atoms with Crippen LogP contribution in [0.15, 0.2) is 36.7 Å². The van der Waals surface area contributed by atoms with E-state index < -0.39 is 0 Å². The minimum Gasteiger partial charge on any atom is -0.494 e. The Balaban J connectivity index is 0.00000208. The summed E-state index contributed by atoms with van der Waals surface area (Å²) in [5.41, 5.74) is 0.650. The van der Waals surface area contributed by atoms with E-state index in [0.717, 1.165) is 18.1 Å². The van der Waals surface area contributed by atoms with Crippen LogP contribution in [0, 0.1) is 0 Å². The lowest BCUT2D eigenvalue weighted by Crippen LogP contribution is -2.49. The first-order valence-corrected chi connectivity index (χ1v) is 7.92. The first-order chi connectivity index (χ1) is 11.2. The van der Waals surface area contributed by atoms with Gasteiger partial charge in [0, 0.05) is 44.6 Å². The largest absolute Gasteiger partial charge is 0.494 e. The van der Waals surface area contributed by atoms with Gasteiger partial charge in [-0.1, -0.05) is 6.07 Å². The fraction of sp³-hybridized carbons (Fsp3) is 0.412. The molecule has 0 spiro atoms. The number of ether oxygens (including phenoxy) is 1. The number of imidazole rings is 1. The monoisotopic (exact) mass is 350 g/mol. The maximum absolute atomic E-state index is 13.0. The number of benzene rings is 1. The van der Waals surface area contributed by atoms with Gasteiger partial charge in [-0.2, -0.15) is 0 Å². The van der Waals surface area contributed by atoms with Gasteiger partial charge in [-0.3, -0.25) is 4.79 Å². The second kappa shape index (κ2) is 8.17. The first-order valence-electron chi connectivity index (χ1n) is 7.92. The van der Waals surface area contributed by atoms with Crippen molar-refractivity contribution in [1.82, 2.24) is 19.8 Å². The van der Waals surface area contributed by atoms with Crippen molar-refractivity contribution in [2.45, 2.75) is 13.0 Å². The van der Waals surface area contributed by atoms with Crippen molar-refractivity contribution in [3.8, 4) is 5.75 Å². The average molecular weight is 351 g/mol. The third kappa shape index (κ3) is 3.71. The van der Waals surface area contributed by atoms with Crippen molar-refractivity contribution in [3.05, 3.63) is 48.0 Å². The highest BCUT2D eigenvalue weighted by atomic mass is 35.5. The normalized spacial score (nSPS) is 17.2. The molecule has 1 aromatic heterocycles. The molecule has 6 nitrogen and oxygen atoms in total. The Bertz CT molecular complexity index is 689. The molecule has 2 heterocycles. The standard InChI is InChI=1S/C17H22N4O2.ClH/c1-3-23-14-6-4-5-13(11-14)17(22)21-10-7-18-12-15(21)16-19-8-9-20(16)2;/h4-6,8-9,11,15,18H,3,7,10,12H2,1-2H3;1H. The Morgan fingerprint density at radius 3 is 3.00 bits per heavy atom. The summed E-state index contributed by atoms with van der Waals surface area (Å²) in [5.74, 6) is 1.63. The molecule has 1 aromatic carbocycles. The van der Waals surface area contributed by atoms with Gasteiger partial charge in [0.15, 0.2) is 0 Å². The number of hydrogen-bond acceptors (Lipinski definition) is 4. The summed E-state index contributed by atoms with van der Waals surface area (Å²) in [5, 5.41) is 3.35. The zero-order chi connectivity index (χ0) is 16.2. The zero-order valence-electron chi connectivity index (χ0n) is 13.9. The molecule has 0 saturated carbocycles. The molecule has 1 amide bonds. The van der Waals surface area contributed by atoms with Crippen molar-refractivity contribution in [3.63, 3.8) is 0 Å². The molecule has 24 heavy (non-hydrogen) atoms. The van der Waals surface area contributed by atoms with Gasteiger partial charge in [0.05, 0.1) is 6.61 Å². The molecular weight excluding hydrogens is 328 g/mol. The molecule has 0 bridgehead atoms. The van der Waals surface area contributed by atoms with E-state index in [4.69, 9.17) is 4.74 Å². The van der Waals surface area contributed by atoms with Gasteiger partial charge in [-0.15, -0.1) is 12.4 Å². The third-order valence-corrected chi connectivity index (χ3v) is 4.05. The van der Waals surface area contributed by atoms with Crippen LogP contribution < -0.4 is 10.1 Å². The maximum atomic E-state index is 13.0. The second-order valence-corrected chi connectivity index (χ2v) is 5.58. The van der Waals surface area contributed by atoms with Crippen molar-refractivity contribution >= 4 is 18.3 Å². The summed E-state index contributed by atoms with van der Waals surface area (Å²) < 4.78 is 7.47. The molecule has 3 rings (SSSR count). The summed E-state index contributed by atoms with van der Waals surface area (Å²) in [4.78, 5) is 19.3. The molecule has 2 aromatic rings. The van der Waals surface area contributed by atoms with Crippen molar-refractivity contribution in [2.24, 2.45) is 7.05 Å². The quantitative estimate of drug-likeness (QED) is 0.916. The highest BCUT2D eigenvalue weighted by Crippen LogP contribution is 2.24. The number of rotatable bonds is 4. The molecule has 1 N–H and O–H groups in total. The minimum atomic E-state index is -0.0630. The number of carbonyl (C=O) groups is 1. The lowest BCUT2D eigenvalue weighted by molar-refractivity contribution is 0.0620. The van der Waals surface area contributed by atoms with Gasteiger partial charge < -0.3 is 19.5 Å². The fourth-order valence-electron chi connectivity index (χ4n) is 2.93. The van der Waals surface area contributed by atoms with Gasteiger partial charge in [-0.05, 0) is 25.1 Å². The smallest absolute Gasteiger partial charge is 0.254 e. The van der Waals surface area contributed by atoms with Gasteiger partial charge in [0.25, 0.3) is 5.91 Å². The predicted molar refractivity (Wildman–Crippen MR) is 94.7 cm³/mol. The summed E-state index contributed by atoms with van der Waals surface area (Å²) in [6, 6.07) is 7.31. The second-order valence-electron chi connectivity index (χ2n) is 5.58. The van der Waals surface area contributed by atoms with Gasteiger partial charge in [0.2, 0.25) is 0 Å². The minimum absolute atomic E-state index is 0. The SMILES string of the molecule is CCOc1cccc(C(=O)N2CCNCC2c2nccn2C)c1.Cl. The Hall–Kier alpha value is -2.05. The number of hydrogen-bond donors (Lipinski definition) is 1. The number of aromatic nitrogens is 2. The Labute approximate surface area is 148 Å². The van der Waals surface area contributed by atoms with Crippen LogP contribution in [0.25, 0.3) is 0 Å². The Kier molecular flexibility index (Phi) is 6.23. The first kappa shape index (κ1) is 18.3. The Morgan fingerprint density at radius 1 is 1.46 bits per heavy atom. The number of halogens is 1. The van der Waals surface area contributed by atoms with E-state index in [0.29, 0.717) is 25.3 Å². The van der Waals surface area contributed by atoms with Crippen molar-refractivity contribution in [1.29, 1.82) is 0 Å². The molecule has 130 valence electrons. The van der Waals surface area contributed by atoms with Crippen LogP contribution in [0.1, 0.15) is 29.1 Å². The third-order valence-electron chi connectivity index (χ3n) is 4.05. The Morgan fingerprint density at radius 2 is 2.29 bits per heavy atom. The van der Waals surface area contributed by atoms with Crippen LogP contribution in [0.5, 0.6) is 5.75 Å². The molecule has 7 heteroatoms. The number of nitrogens with zero attached hydrogens (tertiary/aromatic N) is 3. The lowest BCUT2D eigenvalue weighted by Gasteiger charge is -2.35. The molecular formula is C17H23ClN4O2. The van der Waals surface area contributed by atoms with E-state index in [1.54, 1.807) is 6.20 Å². The summed E-state index contributed by atoms with van der Waals surface area (Å²) >= 11 is 0. The summed E-state index contributed by atoms with van der Waals surface area (Å²) in [6.07, 6.45) is 3.67. The van der Waals surface area contributed by atoms with Crippen LogP contribution in [0.2, 0.25) is 0 Å². The van der Waals surface area contributed by atoms with Crippen LogP contribution in [0.4, 0.5) is 0 Å². The van der Waals surface area contributed by atoms with Gasteiger partial charge in [-0.25, -0.2) is 4.98 Å². The molecule has 1 saturated heterocycles. The van der Waals surface area contributed by atoms with E-state index in [9.17, 15) is 4.79 Å². The van der Waals surface area contributed by atoms with E-state index in [1.165, 1.54) is 0 Å². The van der Waals surface area contributed by atoms with Crippen molar-refractivity contribution in [2.75, 3.05) is 26.2 Å². The number of piperazine rings is 1. The molecule has 1 fully saturated rings. The fourth-order valence-corrected chi connectivity index (χ4v) is 2.93. The number of carbonyl (C=O) groups excluding carboxylic acids is 1. The molecule has 1 atom stereocenters.